The Morgan fingerprint density at radius 1 is 0.833 bits per heavy atom. The van der Waals surface area contributed by atoms with Gasteiger partial charge >= 0.3 is 6.09 Å². The maximum atomic E-state index is 12.8. The molecule has 0 spiro atoms. The molecular weight excluding hydrogens is 442 g/mol. The standard InChI is InChI=1S/C33H57NO2/c1-6-8-10-12-14-16-19-28-21-22-30(29(25-28)20-17-15-13-11-9-7-2)36-31(35)34-27-33(5)24-18-23-32(3,4)26-33/h21-22,25H,6-20,23-24,26-27H2,1-5H3,(H,34,35). The fourth-order valence-electron chi connectivity index (χ4n) is 6.19. The third-order valence-corrected chi connectivity index (χ3v) is 8.14. The van der Waals surface area contributed by atoms with Gasteiger partial charge in [-0.2, -0.15) is 0 Å². The van der Waals surface area contributed by atoms with Gasteiger partial charge in [-0.05, 0) is 73.0 Å². The lowest BCUT2D eigenvalue weighted by Crippen LogP contribution is -2.41. The van der Waals surface area contributed by atoms with Gasteiger partial charge in [-0.3, -0.25) is 0 Å². The first kappa shape index (κ1) is 30.7. The second-order valence-corrected chi connectivity index (χ2v) is 12.7. The highest BCUT2D eigenvalue weighted by atomic mass is 16.6. The van der Waals surface area contributed by atoms with E-state index in [-0.39, 0.29) is 11.5 Å². The summed E-state index contributed by atoms with van der Waals surface area (Å²) < 4.78 is 5.90. The maximum absolute atomic E-state index is 12.8. The summed E-state index contributed by atoms with van der Waals surface area (Å²) in [5, 5.41) is 3.11. The number of nitrogens with one attached hydrogen (secondary N) is 1. The Morgan fingerprint density at radius 2 is 1.44 bits per heavy atom. The van der Waals surface area contributed by atoms with Gasteiger partial charge in [-0.1, -0.05) is 117 Å². The molecule has 0 saturated heterocycles. The van der Waals surface area contributed by atoms with E-state index in [1.54, 1.807) is 0 Å². The van der Waals surface area contributed by atoms with Crippen molar-refractivity contribution in [1.29, 1.82) is 0 Å². The van der Waals surface area contributed by atoms with Crippen LogP contribution in [0.25, 0.3) is 0 Å². The maximum Gasteiger partial charge on any atom is 0.412 e. The van der Waals surface area contributed by atoms with Crippen molar-refractivity contribution >= 4 is 6.09 Å². The van der Waals surface area contributed by atoms with Crippen molar-refractivity contribution in [2.45, 2.75) is 150 Å². The highest BCUT2D eigenvalue weighted by molar-refractivity contribution is 5.71. The lowest BCUT2D eigenvalue weighted by atomic mass is 9.64. The topological polar surface area (TPSA) is 38.3 Å². The van der Waals surface area contributed by atoms with Gasteiger partial charge in [-0.25, -0.2) is 4.79 Å². The largest absolute Gasteiger partial charge is 0.412 e. The first-order valence-corrected chi connectivity index (χ1v) is 15.3. The van der Waals surface area contributed by atoms with Crippen molar-refractivity contribution in [3.8, 4) is 5.75 Å². The SMILES string of the molecule is CCCCCCCCc1ccc(OC(=O)NCC2(C)CCCC(C)(C)C2)c(CCCCCCCC)c1. The third-order valence-electron chi connectivity index (χ3n) is 8.14. The van der Waals surface area contributed by atoms with Crippen molar-refractivity contribution in [1.82, 2.24) is 5.32 Å². The van der Waals surface area contributed by atoms with Crippen molar-refractivity contribution in [3.05, 3.63) is 29.3 Å². The molecule has 0 radical (unpaired) electrons. The van der Waals surface area contributed by atoms with Crippen LogP contribution in [0.2, 0.25) is 0 Å². The predicted octanol–water partition coefficient (Wildman–Crippen LogP) is 10.2. The molecule has 0 aliphatic heterocycles. The predicted molar refractivity (Wildman–Crippen MR) is 155 cm³/mol. The fourth-order valence-corrected chi connectivity index (χ4v) is 6.19. The van der Waals surface area contributed by atoms with Crippen LogP contribution in [0.1, 0.15) is 148 Å². The number of aryl methyl sites for hydroxylation is 2. The Hall–Kier alpha value is -1.51. The number of amides is 1. The average Bonchev–Trinajstić information content (AvgIpc) is 2.83. The smallest absolute Gasteiger partial charge is 0.410 e. The lowest BCUT2D eigenvalue weighted by molar-refractivity contribution is 0.0969. The molecule has 1 aromatic rings. The van der Waals surface area contributed by atoms with E-state index in [0.29, 0.717) is 12.0 Å². The minimum Gasteiger partial charge on any atom is -0.410 e. The molecule has 1 saturated carbocycles. The summed E-state index contributed by atoms with van der Waals surface area (Å²) in [7, 11) is 0. The van der Waals surface area contributed by atoms with Crippen LogP contribution >= 0.6 is 0 Å². The van der Waals surface area contributed by atoms with E-state index in [2.05, 4.69) is 52.1 Å². The Labute approximate surface area is 223 Å². The molecule has 0 bridgehead atoms. The Bertz CT molecular complexity index is 756. The van der Waals surface area contributed by atoms with Crippen LogP contribution in [0.5, 0.6) is 5.75 Å². The van der Waals surface area contributed by atoms with E-state index < -0.39 is 0 Å². The van der Waals surface area contributed by atoms with Crippen molar-refractivity contribution in [2.24, 2.45) is 10.8 Å². The molecule has 0 aromatic heterocycles. The lowest BCUT2D eigenvalue weighted by Gasteiger charge is -2.42. The number of carbonyl (C=O) groups excluding carboxylic acids is 1. The van der Waals surface area contributed by atoms with E-state index in [1.807, 2.05) is 6.07 Å². The Balaban J connectivity index is 1.92. The minimum absolute atomic E-state index is 0.156. The molecule has 3 nitrogen and oxygen atoms in total. The Kier molecular flexibility index (Phi) is 14.0. The van der Waals surface area contributed by atoms with Crippen LogP contribution in [0.3, 0.4) is 0 Å². The summed E-state index contributed by atoms with van der Waals surface area (Å²) in [4.78, 5) is 12.8. The van der Waals surface area contributed by atoms with Gasteiger partial charge in [0.05, 0.1) is 0 Å². The number of hydrogen-bond donors (Lipinski definition) is 1. The average molecular weight is 500 g/mol. The minimum atomic E-state index is -0.299. The number of hydrogen-bond acceptors (Lipinski definition) is 2. The zero-order valence-corrected chi connectivity index (χ0v) is 24.5. The highest BCUT2D eigenvalue weighted by Crippen LogP contribution is 2.45. The van der Waals surface area contributed by atoms with Crippen LogP contribution in [0, 0.1) is 10.8 Å². The molecule has 1 aliphatic carbocycles. The number of rotatable bonds is 17. The molecule has 1 amide bonds. The van der Waals surface area contributed by atoms with Gasteiger partial charge in [0, 0.05) is 6.54 Å². The normalized spacial score (nSPS) is 19.2. The van der Waals surface area contributed by atoms with Crippen molar-refractivity contribution in [3.63, 3.8) is 0 Å². The summed E-state index contributed by atoms with van der Waals surface area (Å²) in [5.41, 5.74) is 3.10. The number of ether oxygens (including phenoxy) is 1. The van der Waals surface area contributed by atoms with Crippen molar-refractivity contribution in [2.75, 3.05) is 6.54 Å². The first-order chi connectivity index (χ1) is 17.3. The van der Waals surface area contributed by atoms with E-state index >= 15 is 0 Å². The molecule has 1 fully saturated rings. The molecule has 2 rings (SSSR count). The van der Waals surface area contributed by atoms with Crippen LogP contribution in [-0.4, -0.2) is 12.6 Å². The van der Waals surface area contributed by atoms with Crippen LogP contribution in [0.4, 0.5) is 4.79 Å². The molecule has 206 valence electrons. The summed E-state index contributed by atoms with van der Waals surface area (Å²) in [6.45, 7) is 12.2. The quantitative estimate of drug-likeness (QED) is 0.216. The second kappa shape index (κ2) is 16.4. The Morgan fingerprint density at radius 3 is 2.08 bits per heavy atom. The third kappa shape index (κ3) is 12.2. The van der Waals surface area contributed by atoms with Gasteiger partial charge in [-0.15, -0.1) is 0 Å². The summed E-state index contributed by atoms with van der Waals surface area (Å²) in [6.07, 6.45) is 22.2. The summed E-state index contributed by atoms with van der Waals surface area (Å²) >= 11 is 0. The summed E-state index contributed by atoms with van der Waals surface area (Å²) in [5.74, 6) is 0.752. The molecule has 36 heavy (non-hydrogen) atoms. The zero-order valence-electron chi connectivity index (χ0n) is 24.5. The van der Waals surface area contributed by atoms with Gasteiger partial charge in [0.15, 0.2) is 0 Å². The van der Waals surface area contributed by atoms with Gasteiger partial charge < -0.3 is 10.1 Å². The number of carbonyl (C=O) groups is 1. The van der Waals surface area contributed by atoms with E-state index in [9.17, 15) is 4.79 Å². The molecule has 1 aromatic carbocycles. The van der Waals surface area contributed by atoms with Crippen LogP contribution in [-0.2, 0) is 12.8 Å². The van der Waals surface area contributed by atoms with E-state index in [4.69, 9.17) is 4.74 Å². The molecule has 1 unspecified atom stereocenters. The molecule has 1 N–H and O–H groups in total. The van der Waals surface area contributed by atoms with E-state index in [1.165, 1.54) is 101 Å². The van der Waals surface area contributed by atoms with Gasteiger partial charge in [0.2, 0.25) is 0 Å². The van der Waals surface area contributed by atoms with Gasteiger partial charge in [0.25, 0.3) is 0 Å². The monoisotopic (exact) mass is 499 g/mol. The highest BCUT2D eigenvalue weighted by Gasteiger charge is 2.36. The van der Waals surface area contributed by atoms with Crippen LogP contribution in [0.15, 0.2) is 18.2 Å². The first-order valence-electron chi connectivity index (χ1n) is 15.3. The second-order valence-electron chi connectivity index (χ2n) is 12.7. The van der Waals surface area contributed by atoms with Crippen LogP contribution < -0.4 is 10.1 Å². The van der Waals surface area contributed by atoms with E-state index in [0.717, 1.165) is 31.4 Å². The molecule has 3 heteroatoms. The zero-order chi connectivity index (χ0) is 26.3. The number of benzene rings is 1. The molecule has 0 heterocycles. The number of unbranched alkanes of at least 4 members (excludes halogenated alkanes) is 10. The fraction of sp³-hybridized carbons (Fsp3) is 0.788. The summed E-state index contributed by atoms with van der Waals surface area (Å²) in [6, 6.07) is 6.53. The molecular formula is C33H57NO2. The molecule has 1 atom stereocenters. The van der Waals surface area contributed by atoms with Gasteiger partial charge in [0.1, 0.15) is 5.75 Å². The molecule has 1 aliphatic rings. The van der Waals surface area contributed by atoms with Crippen molar-refractivity contribution < 1.29 is 9.53 Å².